The number of H-pyrrole nitrogens is 1. The Morgan fingerprint density at radius 1 is 1.21 bits per heavy atom. The Hall–Kier alpha value is -3.84. The smallest absolute Gasteiger partial charge is 0.142 e. The first-order chi connectivity index (χ1) is 13.6. The molecule has 0 spiro atoms. The molecule has 0 radical (unpaired) electrons. The van der Waals surface area contributed by atoms with Crippen molar-refractivity contribution in [3.63, 3.8) is 0 Å². The van der Waals surface area contributed by atoms with Crippen molar-refractivity contribution in [1.82, 2.24) is 15.2 Å². The third kappa shape index (κ3) is 2.83. The molecule has 1 aromatic carbocycles. The second-order valence-electron chi connectivity index (χ2n) is 6.82. The van der Waals surface area contributed by atoms with Gasteiger partial charge in [0.15, 0.2) is 0 Å². The van der Waals surface area contributed by atoms with Crippen LogP contribution in [0.15, 0.2) is 30.5 Å². The number of pyridine rings is 1. The maximum atomic E-state index is 9.73. The number of aryl methyl sites for hydroxylation is 1. The van der Waals surface area contributed by atoms with Crippen molar-refractivity contribution in [3.05, 3.63) is 47.3 Å². The molecular weight excluding hydrogens is 350 g/mol. The van der Waals surface area contributed by atoms with Gasteiger partial charge in [-0.2, -0.15) is 15.6 Å². The predicted molar refractivity (Wildman–Crippen MR) is 107 cm³/mol. The van der Waals surface area contributed by atoms with E-state index < -0.39 is 0 Å². The van der Waals surface area contributed by atoms with Crippen LogP contribution in [-0.2, 0) is 12.8 Å². The average molecular weight is 369 g/mol. The molecule has 1 aliphatic rings. The van der Waals surface area contributed by atoms with Crippen molar-refractivity contribution in [2.45, 2.75) is 19.3 Å². The molecule has 1 aliphatic carbocycles. The fourth-order valence-corrected chi connectivity index (χ4v) is 3.73. The zero-order chi connectivity index (χ0) is 19.7. The Labute approximate surface area is 163 Å². The van der Waals surface area contributed by atoms with Gasteiger partial charge in [-0.25, -0.2) is 4.98 Å². The van der Waals surface area contributed by atoms with Crippen LogP contribution in [0, 0.1) is 22.7 Å². The topological polar surface area (TPSA) is 118 Å². The number of nitrogen functional groups attached to an aromatic ring is 1. The molecule has 7 nitrogen and oxygen atoms in total. The number of hydrogen-bond donors (Lipinski definition) is 2. The molecule has 0 saturated heterocycles. The van der Waals surface area contributed by atoms with Gasteiger partial charge in [0.1, 0.15) is 17.5 Å². The summed E-state index contributed by atoms with van der Waals surface area (Å²) in [5.74, 6) is 0.237. The van der Waals surface area contributed by atoms with Gasteiger partial charge in [0.2, 0.25) is 0 Å². The van der Waals surface area contributed by atoms with E-state index in [4.69, 9.17) is 11.0 Å². The van der Waals surface area contributed by atoms with E-state index >= 15 is 0 Å². The van der Waals surface area contributed by atoms with Crippen LogP contribution in [0.1, 0.15) is 23.2 Å². The Morgan fingerprint density at radius 2 is 2.00 bits per heavy atom. The van der Waals surface area contributed by atoms with Crippen molar-refractivity contribution in [3.8, 4) is 34.5 Å². The van der Waals surface area contributed by atoms with E-state index in [1.54, 1.807) is 6.20 Å². The highest BCUT2D eigenvalue weighted by Gasteiger charge is 2.26. The van der Waals surface area contributed by atoms with Gasteiger partial charge >= 0.3 is 0 Å². The summed E-state index contributed by atoms with van der Waals surface area (Å²) in [6.07, 6.45) is 3.83. The molecule has 0 aliphatic heterocycles. The second kappa shape index (κ2) is 7.05. The largest absolute Gasteiger partial charge is 0.383 e. The first-order valence-corrected chi connectivity index (χ1v) is 9.07. The number of nitriles is 2. The molecule has 0 fully saturated rings. The number of anilines is 2. The van der Waals surface area contributed by atoms with Crippen molar-refractivity contribution >= 4 is 11.5 Å². The molecule has 3 N–H and O–H groups in total. The minimum absolute atomic E-state index is 0.237. The number of hydrogen-bond acceptors (Lipinski definition) is 6. The zero-order valence-corrected chi connectivity index (χ0v) is 15.5. The molecule has 2 heterocycles. The van der Waals surface area contributed by atoms with Crippen LogP contribution >= 0.6 is 0 Å². The van der Waals surface area contributed by atoms with Crippen molar-refractivity contribution in [2.24, 2.45) is 0 Å². The lowest BCUT2D eigenvalue weighted by Crippen LogP contribution is -2.17. The van der Waals surface area contributed by atoms with Crippen LogP contribution in [0.3, 0.4) is 0 Å². The molecule has 4 rings (SSSR count). The van der Waals surface area contributed by atoms with Crippen molar-refractivity contribution in [2.75, 3.05) is 24.2 Å². The minimum Gasteiger partial charge on any atom is -0.383 e. The second-order valence-corrected chi connectivity index (χ2v) is 6.82. The molecular formula is C21H19N7. The van der Waals surface area contributed by atoms with Crippen LogP contribution < -0.4 is 10.6 Å². The van der Waals surface area contributed by atoms with E-state index in [0.717, 1.165) is 52.2 Å². The highest BCUT2D eigenvalue weighted by atomic mass is 15.1. The summed E-state index contributed by atoms with van der Waals surface area (Å²) in [4.78, 5) is 6.55. The standard InChI is InChI=1S/C21H19N7/c1-28(10-2-9-22)14-5-3-13(4-6-14)19-15-7-8-18-17(12-25-27-18)20(15)26-21(24)16(19)11-23/h3-6,12H,2,7-8,10H2,1H3,(H2,24,26)(H,25,27). The van der Waals surface area contributed by atoms with Crippen molar-refractivity contribution in [1.29, 1.82) is 10.5 Å². The van der Waals surface area contributed by atoms with E-state index in [-0.39, 0.29) is 5.82 Å². The SMILES string of the molecule is CN(CCC#N)c1ccc(-c2c(C#N)c(N)nc3c2CCc2[nH]ncc2-3)cc1. The van der Waals surface area contributed by atoms with E-state index in [0.29, 0.717) is 18.5 Å². The fourth-order valence-electron chi connectivity index (χ4n) is 3.73. The summed E-state index contributed by atoms with van der Waals surface area (Å²) in [6, 6.07) is 12.4. The number of benzene rings is 1. The highest BCUT2D eigenvalue weighted by molar-refractivity contribution is 5.86. The Morgan fingerprint density at radius 3 is 2.71 bits per heavy atom. The molecule has 2 aromatic heterocycles. The summed E-state index contributed by atoms with van der Waals surface area (Å²) in [5, 5.41) is 25.7. The summed E-state index contributed by atoms with van der Waals surface area (Å²) >= 11 is 0. The predicted octanol–water partition coefficient (Wildman–Crippen LogP) is 3.04. The Balaban J connectivity index is 1.82. The van der Waals surface area contributed by atoms with Gasteiger partial charge in [-0.05, 0) is 36.1 Å². The number of fused-ring (bicyclic) bond motifs is 3. The maximum absolute atomic E-state index is 9.73. The number of rotatable bonds is 4. The first-order valence-electron chi connectivity index (χ1n) is 9.07. The lowest BCUT2D eigenvalue weighted by atomic mass is 9.86. The molecule has 0 atom stereocenters. The molecule has 138 valence electrons. The van der Waals surface area contributed by atoms with Gasteiger partial charge in [0.05, 0.1) is 24.4 Å². The summed E-state index contributed by atoms with van der Waals surface area (Å²) in [5.41, 5.74) is 13.2. The third-order valence-corrected chi connectivity index (χ3v) is 5.19. The number of aromatic amines is 1. The van der Waals surface area contributed by atoms with E-state index in [2.05, 4.69) is 27.3 Å². The average Bonchev–Trinajstić information content (AvgIpc) is 3.20. The minimum atomic E-state index is 0.237. The van der Waals surface area contributed by atoms with Gasteiger partial charge in [-0.1, -0.05) is 12.1 Å². The molecule has 3 aromatic rings. The van der Waals surface area contributed by atoms with Gasteiger partial charge in [0, 0.05) is 36.1 Å². The molecule has 0 unspecified atom stereocenters. The monoisotopic (exact) mass is 369 g/mol. The van der Waals surface area contributed by atoms with Crippen LogP contribution in [0.25, 0.3) is 22.4 Å². The lowest BCUT2D eigenvalue weighted by Gasteiger charge is -2.22. The van der Waals surface area contributed by atoms with Gasteiger partial charge in [-0.3, -0.25) is 5.10 Å². The highest BCUT2D eigenvalue weighted by Crippen LogP contribution is 2.40. The number of nitrogens with two attached hydrogens (primary N) is 1. The summed E-state index contributed by atoms with van der Waals surface area (Å²) in [6.45, 7) is 0.667. The van der Waals surface area contributed by atoms with Gasteiger partial charge in [-0.15, -0.1) is 0 Å². The van der Waals surface area contributed by atoms with Crippen LogP contribution in [0.4, 0.5) is 11.5 Å². The van der Waals surface area contributed by atoms with Crippen LogP contribution in [0.2, 0.25) is 0 Å². The number of aromatic nitrogens is 3. The summed E-state index contributed by atoms with van der Waals surface area (Å²) in [7, 11) is 1.96. The fraction of sp³-hybridized carbons (Fsp3) is 0.238. The van der Waals surface area contributed by atoms with Crippen LogP contribution in [-0.4, -0.2) is 28.8 Å². The molecule has 0 bridgehead atoms. The first kappa shape index (κ1) is 17.6. The normalized spacial score (nSPS) is 11.8. The van der Waals surface area contributed by atoms with E-state index in [9.17, 15) is 5.26 Å². The van der Waals surface area contributed by atoms with Crippen molar-refractivity contribution < 1.29 is 0 Å². The maximum Gasteiger partial charge on any atom is 0.142 e. The summed E-state index contributed by atoms with van der Waals surface area (Å²) < 4.78 is 0. The Bertz CT molecular complexity index is 1110. The van der Waals surface area contributed by atoms with E-state index in [1.165, 1.54) is 0 Å². The quantitative estimate of drug-likeness (QED) is 0.729. The molecule has 28 heavy (non-hydrogen) atoms. The molecule has 0 saturated carbocycles. The molecule has 7 heteroatoms. The lowest BCUT2D eigenvalue weighted by molar-refractivity contribution is 0.876. The zero-order valence-electron chi connectivity index (χ0n) is 15.5. The number of nitrogens with one attached hydrogen (secondary N) is 1. The van der Waals surface area contributed by atoms with Gasteiger partial charge < -0.3 is 10.6 Å². The van der Waals surface area contributed by atoms with Gasteiger partial charge in [0.25, 0.3) is 0 Å². The van der Waals surface area contributed by atoms with E-state index in [1.807, 2.05) is 36.2 Å². The third-order valence-electron chi connectivity index (χ3n) is 5.19. The molecule has 0 amide bonds. The number of nitrogens with zero attached hydrogens (tertiary/aromatic N) is 5. The van der Waals surface area contributed by atoms with Crippen LogP contribution in [0.5, 0.6) is 0 Å². The Kier molecular flexibility index (Phi) is 4.42.